The summed E-state index contributed by atoms with van der Waals surface area (Å²) < 4.78 is 67.8. The van der Waals surface area contributed by atoms with Crippen LogP contribution in [0.2, 0.25) is 0 Å². The average Bonchev–Trinajstić information content (AvgIpc) is 3.34. The molecule has 0 aliphatic carbocycles. The van der Waals surface area contributed by atoms with Gasteiger partial charge >= 0.3 is 18.1 Å². The van der Waals surface area contributed by atoms with Crippen molar-refractivity contribution in [2.75, 3.05) is 11.9 Å². The minimum absolute atomic E-state index is 0.165. The molecule has 0 saturated heterocycles. The van der Waals surface area contributed by atoms with Gasteiger partial charge < -0.3 is 14.7 Å². The zero-order valence-electron chi connectivity index (χ0n) is 15.0. The van der Waals surface area contributed by atoms with E-state index in [-0.39, 0.29) is 23.6 Å². The SMILES string of the molecule is O=C(Nc1cccc(C(F)F)c1)N1CCc2cc(-c3noc(C(F)(F)F)n3)sc2C1. The second-order valence-electron chi connectivity index (χ2n) is 6.51. The number of halogens is 5. The Kier molecular flexibility index (Phi) is 5.18. The third kappa shape index (κ3) is 4.13. The van der Waals surface area contributed by atoms with E-state index in [1.165, 1.54) is 40.5 Å². The number of hydrogen-bond acceptors (Lipinski definition) is 5. The van der Waals surface area contributed by atoms with E-state index in [0.29, 0.717) is 17.8 Å². The fourth-order valence-corrected chi connectivity index (χ4v) is 4.15. The first-order valence-corrected chi connectivity index (χ1v) is 9.49. The Morgan fingerprint density at radius 1 is 1.27 bits per heavy atom. The first-order valence-electron chi connectivity index (χ1n) is 8.67. The highest BCUT2D eigenvalue weighted by Crippen LogP contribution is 2.35. The van der Waals surface area contributed by atoms with E-state index in [2.05, 4.69) is 20.0 Å². The summed E-state index contributed by atoms with van der Waals surface area (Å²) in [5.41, 5.74) is 0.939. The Hall–Kier alpha value is -3.02. The van der Waals surface area contributed by atoms with Gasteiger partial charge in [-0.05, 0) is 30.2 Å². The number of carbonyl (C=O) groups is 1. The van der Waals surface area contributed by atoms with Gasteiger partial charge in [-0.2, -0.15) is 18.2 Å². The number of thiophene rings is 1. The maximum atomic E-state index is 12.8. The normalized spacial score (nSPS) is 14.1. The number of carbonyl (C=O) groups excluding carboxylic acids is 1. The fraction of sp³-hybridized carbons (Fsp3) is 0.278. The van der Waals surface area contributed by atoms with Crippen LogP contribution in [0.3, 0.4) is 0 Å². The van der Waals surface area contributed by atoms with Gasteiger partial charge in [-0.25, -0.2) is 13.6 Å². The molecule has 3 aromatic rings. The van der Waals surface area contributed by atoms with Crippen LogP contribution in [0.1, 0.15) is 28.3 Å². The van der Waals surface area contributed by atoms with Crippen molar-refractivity contribution >= 4 is 23.1 Å². The number of rotatable bonds is 3. The number of nitrogens with one attached hydrogen (secondary N) is 1. The van der Waals surface area contributed by atoms with E-state index in [0.717, 1.165) is 10.4 Å². The van der Waals surface area contributed by atoms with Gasteiger partial charge in [0.15, 0.2) is 0 Å². The van der Waals surface area contributed by atoms with Crippen molar-refractivity contribution in [2.24, 2.45) is 0 Å². The van der Waals surface area contributed by atoms with Crippen LogP contribution in [0.5, 0.6) is 0 Å². The predicted octanol–water partition coefficient (Wildman–Crippen LogP) is 5.34. The minimum atomic E-state index is -4.72. The highest BCUT2D eigenvalue weighted by molar-refractivity contribution is 7.15. The second kappa shape index (κ2) is 7.67. The lowest BCUT2D eigenvalue weighted by atomic mass is 10.1. The minimum Gasteiger partial charge on any atom is -0.329 e. The quantitative estimate of drug-likeness (QED) is 0.554. The van der Waals surface area contributed by atoms with Gasteiger partial charge in [0.1, 0.15) is 0 Å². The first kappa shape index (κ1) is 20.3. The van der Waals surface area contributed by atoms with Crippen LogP contribution < -0.4 is 5.32 Å². The summed E-state index contributed by atoms with van der Waals surface area (Å²) >= 11 is 1.17. The lowest BCUT2D eigenvalue weighted by Gasteiger charge is -2.27. The molecule has 4 rings (SSSR count). The Balaban J connectivity index is 1.47. The summed E-state index contributed by atoms with van der Waals surface area (Å²) in [7, 11) is 0. The van der Waals surface area contributed by atoms with Gasteiger partial charge in [-0.3, -0.25) is 0 Å². The highest BCUT2D eigenvalue weighted by atomic mass is 32.1. The number of benzene rings is 1. The number of hydrogen-bond donors (Lipinski definition) is 1. The van der Waals surface area contributed by atoms with Crippen LogP contribution in [0.25, 0.3) is 10.7 Å². The molecule has 0 spiro atoms. The third-order valence-corrected chi connectivity index (χ3v) is 5.61. The number of aromatic nitrogens is 2. The molecule has 0 saturated carbocycles. The van der Waals surface area contributed by atoms with E-state index in [1.54, 1.807) is 6.07 Å². The van der Waals surface area contributed by atoms with Gasteiger partial charge in [0.05, 0.1) is 11.4 Å². The zero-order chi connectivity index (χ0) is 21.5. The van der Waals surface area contributed by atoms with Gasteiger partial charge in [0.2, 0.25) is 5.82 Å². The molecule has 0 unspecified atom stereocenters. The van der Waals surface area contributed by atoms with Crippen molar-refractivity contribution in [3.8, 4) is 10.7 Å². The van der Waals surface area contributed by atoms with E-state index < -0.39 is 24.5 Å². The summed E-state index contributed by atoms with van der Waals surface area (Å²) in [5, 5.41) is 5.97. The summed E-state index contributed by atoms with van der Waals surface area (Å²) in [6.45, 7) is 0.591. The Morgan fingerprint density at radius 3 is 2.77 bits per heavy atom. The fourth-order valence-electron chi connectivity index (χ4n) is 3.00. The summed E-state index contributed by atoms with van der Waals surface area (Å²) in [6.07, 6.45) is -6.88. The van der Waals surface area contributed by atoms with E-state index in [9.17, 15) is 26.7 Å². The Morgan fingerprint density at radius 2 is 2.07 bits per heavy atom. The molecule has 0 bridgehead atoms. The van der Waals surface area contributed by atoms with Crippen molar-refractivity contribution in [2.45, 2.75) is 25.6 Å². The monoisotopic (exact) mass is 444 g/mol. The summed E-state index contributed by atoms with van der Waals surface area (Å²) in [6, 6.07) is 6.64. The average molecular weight is 444 g/mol. The predicted molar refractivity (Wildman–Crippen MR) is 97.1 cm³/mol. The highest BCUT2D eigenvalue weighted by Gasteiger charge is 2.38. The van der Waals surface area contributed by atoms with Gasteiger partial charge in [0.25, 0.3) is 6.43 Å². The van der Waals surface area contributed by atoms with Crippen LogP contribution in [0.4, 0.5) is 32.4 Å². The van der Waals surface area contributed by atoms with Crippen molar-refractivity contribution in [1.29, 1.82) is 0 Å². The molecule has 6 nitrogen and oxygen atoms in total. The topological polar surface area (TPSA) is 71.3 Å². The van der Waals surface area contributed by atoms with Crippen molar-refractivity contribution < 1.29 is 31.3 Å². The Bertz CT molecular complexity index is 1080. The molecular weight excluding hydrogens is 431 g/mol. The van der Waals surface area contributed by atoms with Crippen molar-refractivity contribution in [1.82, 2.24) is 15.0 Å². The molecule has 2 aromatic heterocycles. The molecule has 1 aliphatic rings. The lowest BCUT2D eigenvalue weighted by molar-refractivity contribution is -0.159. The number of amides is 2. The molecule has 0 radical (unpaired) electrons. The molecule has 30 heavy (non-hydrogen) atoms. The van der Waals surface area contributed by atoms with E-state index in [4.69, 9.17) is 0 Å². The first-order chi connectivity index (χ1) is 14.2. The van der Waals surface area contributed by atoms with Crippen LogP contribution >= 0.6 is 11.3 Å². The lowest BCUT2D eigenvalue weighted by Crippen LogP contribution is -2.38. The Labute approximate surface area is 170 Å². The van der Waals surface area contributed by atoms with Crippen molar-refractivity contribution in [3.63, 3.8) is 0 Å². The molecule has 0 atom stereocenters. The largest absolute Gasteiger partial charge is 0.471 e. The number of nitrogens with zero attached hydrogens (tertiary/aromatic N) is 3. The number of alkyl halides is 5. The van der Waals surface area contributed by atoms with Crippen LogP contribution in [-0.2, 0) is 19.1 Å². The standard InChI is InChI=1S/C18H13F5N4O2S/c19-14(20)10-2-1-3-11(6-10)24-17(28)27-5-4-9-7-12(30-13(9)8-27)15-25-16(29-26-15)18(21,22)23/h1-3,6-7,14H,4-5,8H2,(H,24,28). The van der Waals surface area contributed by atoms with Crippen LogP contribution in [0, 0.1) is 0 Å². The van der Waals surface area contributed by atoms with Crippen molar-refractivity contribution in [3.05, 3.63) is 52.2 Å². The van der Waals surface area contributed by atoms with E-state index in [1.807, 2.05) is 0 Å². The second-order valence-corrected chi connectivity index (χ2v) is 7.64. The van der Waals surface area contributed by atoms with Crippen LogP contribution in [-0.4, -0.2) is 27.6 Å². The number of fused-ring (bicyclic) bond motifs is 1. The number of urea groups is 1. The summed E-state index contributed by atoms with van der Waals surface area (Å²) in [4.78, 5) is 18.6. The maximum absolute atomic E-state index is 12.8. The molecule has 3 heterocycles. The molecule has 1 aromatic carbocycles. The third-order valence-electron chi connectivity index (χ3n) is 4.45. The van der Waals surface area contributed by atoms with Gasteiger partial charge in [-0.15, -0.1) is 11.3 Å². The van der Waals surface area contributed by atoms with E-state index >= 15 is 0 Å². The molecule has 1 N–H and O–H groups in total. The summed E-state index contributed by atoms with van der Waals surface area (Å²) in [5.74, 6) is -1.59. The molecule has 158 valence electrons. The maximum Gasteiger partial charge on any atom is 0.471 e. The zero-order valence-corrected chi connectivity index (χ0v) is 15.9. The smallest absolute Gasteiger partial charge is 0.329 e. The van der Waals surface area contributed by atoms with Gasteiger partial charge in [0, 0.05) is 22.7 Å². The molecule has 2 amide bonds. The molecular formula is C18H13F5N4O2S. The molecule has 12 heteroatoms. The molecule has 0 fully saturated rings. The van der Waals surface area contributed by atoms with Gasteiger partial charge in [-0.1, -0.05) is 17.3 Å². The number of anilines is 1. The van der Waals surface area contributed by atoms with Crippen LogP contribution in [0.15, 0.2) is 34.9 Å². The molecule has 1 aliphatic heterocycles.